The molecule has 1 fully saturated rings. The first-order valence-corrected chi connectivity index (χ1v) is 7.28. The minimum Gasteiger partial charge on any atom is -0.374 e. The van der Waals surface area contributed by atoms with Gasteiger partial charge in [-0.2, -0.15) is 5.10 Å². The van der Waals surface area contributed by atoms with E-state index in [9.17, 15) is 0 Å². The molecule has 0 N–H and O–H groups in total. The molecule has 110 valence electrons. The van der Waals surface area contributed by atoms with Crippen molar-refractivity contribution < 1.29 is 4.74 Å². The maximum absolute atomic E-state index is 5.79. The maximum Gasteiger partial charge on any atom is 0.137 e. The summed E-state index contributed by atoms with van der Waals surface area (Å²) in [5, 5.41) is 4.13. The number of aromatic nitrogens is 3. The van der Waals surface area contributed by atoms with Gasteiger partial charge in [0.1, 0.15) is 12.7 Å². The summed E-state index contributed by atoms with van der Waals surface area (Å²) < 4.78 is 7.62. The van der Waals surface area contributed by atoms with Crippen LogP contribution in [0.5, 0.6) is 0 Å². The molecular formula is C16H20N4O. The number of hydrogen-bond donors (Lipinski definition) is 0. The summed E-state index contributed by atoms with van der Waals surface area (Å²) in [6.45, 7) is 4.40. The Morgan fingerprint density at radius 3 is 3.00 bits per heavy atom. The largest absolute Gasteiger partial charge is 0.374 e. The molecule has 1 aliphatic heterocycles. The Bertz CT molecular complexity index is 553. The van der Waals surface area contributed by atoms with Gasteiger partial charge < -0.3 is 4.74 Å². The number of morpholine rings is 1. The van der Waals surface area contributed by atoms with Crippen molar-refractivity contribution in [2.24, 2.45) is 0 Å². The van der Waals surface area contributed by atoms with Gasteiger partial charge >= 0.3 is 0 Å². The van der Waals surface area contributed by atoms with Gasteiger partial charge in [0.2, 0.25) is 0 Å². The van der Waals surface area contributed by atoms with E-state index in [2.05, 4.69) is 51.4 Å². The molecule has 0 amide bonds. The molecule has 1 unspecified atom stereocenters. The molecule has 0 spiro atoms. The van der Waals surface area contributed by atoms with Gasteiger partial charge in [0.15, 0.2) is 0 Å². The molecule has 5 heteroatoms. The van der Waals surface area contributed by atoms with Crippen molar-refractivity contribution in [1.29, 1.82) is 0 Å². The Kier molecular flexibility index (Phi) is 4.76. The Labute approximate surface area is 124 Å². The highest BCUT2D eigenvalue weighted by Crippen LogP contribution is 2.08. The third-order valence-electron chi connectivity index (χ3n) is 3.55. The van der Waals surface area contributed by atoms with E-state index >= 15 is 0 Å². The van der Waals surface area contributed by atoms with Crippen LogP contribution in [0.2, 0.25) is 0 Å². The minimum absolute atomic E-state index is 0.186. The summed E-state index contributed by atoms with van der Waals surface area (Å²) in [5.74, 6) is 0. The van der Waals surface area contributed by atoms with Crippen molar-refractivity contribution in [2.45, 2.75) is 12.6 Å². The smallest absolute Gasteiger partial charge is 0.137 e. The van der Waals surface area contributed by atoms with Crippen LogP contribution in [0.25, 0.3) is 6.08 Å². The molecule has 21 heavy (non-hydrogen) atoms. The number of rotatable bonds is 5. The van der Waals surface area contributed by atoms with E-state index in [1.807, 2.05) is 10.7 Å². The Morgan fingerprint density at radius 1 is 1.29 bits per heavy atom. The van der Waals surface area contributed by atoms with E-state index in [1.54, 1.807) is 12.7 Å². The fourth-order valence-electron chi connectivity index (χ4n) is 2.49. The van der Waals surface area contributed by atoms with Gasteiger partial charge in [-0.15, -0.1) is 0 Å². The fourth-order valence-corrected chi connectivity index (χ4v) is 2.49. The average Bonchev–Trinajstić information content (AvgIpc) is 3.02. The van der Waals surface area contributed by atoms with Crippen molar-refractivity contribution >= 4 is 6.08 Å². The molecule has 2 heterocycles. The number of hydrogen-bond acceptors (Lipinski definition) is 4. The second kappa shape index (κ2) is 7.15. The normalized spacial score (nSPS) is 20.1. The highest BCUT2D eigenvalue weighted by atomic mass is 16.5. The first-order chi connectivity index (χ1) is 10.4. The topological polar surface area (TPSA) is 43.2 Å². The lowest BCUT2D eigenvalue weighted by Crippen LogP contribution is -2.44. The molecule has 2 aromatic rings. The van der Waals surface area contributed by atoms with Crippen LogP contribution in [0.3, 0.4) is 0 Å². The van der Waals surface area contributed by atoms with Gasteiger partial charge in [0, 0.05) is 19.6 Å². The van der Waals surface area contributed by atoms with Crippen LogP contribution in [-0.2, 0) is 11.3 Å². The van der Waals surface area contributed by atoms with Gasteiger partial charge in [0.25, 0.3) is 0 Å². The van der Waals surface area contributed by atoms with Gasteiger partial charge in [-0.3, -0.25) is 9.58 Å². The van der Waals surface area contributed by atoms with Crippen molar-refractivity contribution in [3.63, 3.8) is 0 Å². The molecule has 5 nitrogen and oxygen atoms in total. The molecule has 0 radical (unpaired) electrons. The Balaban J connectivity index is 1.48. The minimum atomic E-state index is 0.186. The molecule has 1 atom stereocenters. The quantitative estimate of drug-likeness (QED) is 0.838. The molecule has 1 aromatic heterocycles. The predicted molar refractivity (Wildman–Crippen MR) is 81.7 cm³/mol. The summed E-state index contributed by atoms with van der Waals surface area (Å²) in [6.07, 6.45) is 7.86. The molecule has 1 aromatic carbocycles. The van der Waals surface area contributed by atoms with Gasteiger partial charge in [-0.05, 0) is 5.56 Å². The van der Waals surface area contributed by atoms with E-state index in [0.29, 0.717) is 0 Å². The van der Waals surface area contributed by atoms with Gasteiger partial charge in [-0.25, -0.2) is 4.98 Å². The lowest BCUT2D eigenvalue weighted by Gasteiger charge is -2.32. The van der Waals surface area contributed by atoms with Gasteiger partial charge in [-0.1, -0.05) is 42.5 Å². The number of ether oxygens (including phenoxy) is 1. The second-order valence-electron chi connectivity index (χ2n) is 5.18. The molecule has 3 rings (SSSR count). The molecular weight excluding hydrogens is 264 g/mol. The molecule has 1 saturated heterocycles. The van der Waals surface area contributed by atoms with Crippen LogP contribution < -0.4 is 0 Å². The van der Waals surface area contributed by atoms with Crippen molar-refractivity contribution in [3.8, 4) is 0 Å². The third-order valence-corrected chi connectivity index (χ3v) is 3.55. The monoisotopic (exact) mass is 284 g/mol. The summed E-state index contributed by atoms with van der Waals surface area (Å²) >= 11 is 0. The van der Waals surface area contributed by atoms with Gasteiger partial charge in [0.05, 0.1) is 19.3 Å². The lowest BCUT2D eigenvalue weighted by atomic mass is 10.2. The number of nitrogens with zero attached hydrogens (tertiary/aromatic N) is 4. The molecule has 0 saturated carbocycles. The van der Waals surface area contributed by atoms with Crippen molar-refractivity contribution in [2.75, 3.05) is 26.2 Å². The number of benzene rings is 1. The molecule has 0 aliphatic carbocycles. The highest BCUT2D eigenvalue weighted by Gasteiger charge is 2.20. The van der Waals surface area contributed by atoms with Crippen LogP contribution in [0.15, 0.2) is 49.1 Å². The fraction of sp³-hybridized carbons (Fsp3) is 0.375. The van der Waals surface area contributed by atoms with Crippen molar-refractivity contribution in [3.05, 3.63) is 54.6 Å². The molecule has 1 aliphatic rings. The first-order valence-electron chi connectivity index (χ1n) is 7.28. The standard InChI is InChI=1S/C16H20N4O/c1-2-5-15(6-3-1)7-4-8-19-9-10-21-16(11-19)12-20-14-17-13-18-20/h1-7,13-14,16H,8-12H2/b7-4+. The van der Waals surface area contributed by atoms with Crippen LogP contribution in [0, 0.1) is 0 Å². The third kappa shape index (κ3) is 4.24. The molecule has 0 bridgehead atoms. The van der Waals surface area contributed by atoms with E-state index in [4.69, 9.17) is 4.74 Å². The summed E-state index contributed by atoms with van der Waals surface area (Å²) in [6, 6.07) is 10.4. The zero-order chi connectivity index (χ0) is 14.3. The summed E-state index contributed by atoms with van der Waals surface area (Å²) in [5.41, 5.74) is 1.24. The Morgan fingerprint density at radius 2 is 2.19 bits per heavy atom. The van der Waals surface area contributed by atoms with Crippen LogP contribution >= 0.6 is 0 Å². The van der Waals surface area contributed by atoms with E-state index in [1.165, 1.54) is 5.56 Å². The zero-order valence-corrected chi connectivity index (χ0v) is 12.0. The van der Waals surface area contributed by atoms with E-state index in [-0.39, 0.29) is 6.10 Å². The van der Waals surface area contributed by atoms with Crippen LogP contribution in [0.4, 0.5) is 0 Å². The van der Waals surface area contributed by atoms with E-state index < -0.39 is 0 Å². The van der Waals surface area contributed by atoms with Crippen LogP contribution in [0.1, 0.15) is 5.56 Å². The lowest BCUT2D eigenvalue weighted by molar-refractivity contribution is -0.0338. The SMILES string of the molecule is C(=C\c1ccccc1)/CN1CCOC(Cn2cncn2)C1. The zero-order valence-electron chi connectivity index (χ0n) is 12.0. The summed E-state index contributed by atoms with van der Waals surface area (Å²) in [7, 11) is 0. The van der Waals surface area contributed by atoms with Crippen molar-refractivity contribution in [1.82, 2.24) is 19.7 Å². The first kappa shape index (κ1) is 14.0. The maximum atomic E-state index is 5.79. The van der Waals surface area contributed by atoms with Crippen LogP contribution in [-0.4, -0.2) is 52.0 Å². The highest BCUT2D eigenvalue weighted by molar-refractivity contribution is 5.48. The Hall–Kier alpha value is -1.98. The predicted octanol–water partition coefficient (Wildman–Crippen LogP) is 1.69. The second-order valence-corrected chi connectivity index (χ2v) is 5.18. The average molecular weight is 284 g/mol. The van der Waals surface area contributed by atoms with E-state index in [0.717, 1.165) is 32.8 Å². The summed E-state index contributed by atoms with van der Waals surface area (Å²) in [4.78, 5) is 6.37.